The highest BCUT2D eigenvalue weighted by atomic mass is 16.5. The second-order valence-electron chi connectivity index (χ2n) is 3.35. The summed E-state index contributed by atoms with van der Waals surface area (Å²) in [7, 11) is 1.54. The van der Waals surface area contributed by atoms with E-state index in [1.165, 1.54) is 5.56 Å². The van der Waals surface area contributed by atoms with E-state index in [-0.39, 0.29) is 0 Å². The fourth-order valence-electron chi connectivity index (χ4n) is 1.48. The lowest BCUT2D eigenvalue weighted by Crippen LogP contribution is -2.00. The molecular weight excluding hydrogens is 204 g/mol. The van der Waals surface area contributed by atoms with Gasteiger partial charge in [-0.2, -0.15) is 4.68 Å². The molecule has 1 radical (unpaired) electrons. The van der Waals surface area contributed by atoms with Crippen molar-refractivity contribution in [3.05, 3.63) is 36.8 Å². The molecule has 0 fully saturated rings. The Balaban J connectivity index is 2.27. The van der Waals surface area contributed by atoms with Gasteiger partial charge in [-0.1, -0.05) is 24.2 Å². The number of hydrogen-bond donors (Lipinski definition) is 0. The average Bonchev–Trinajstić information content (AvgIpc) is 2.78. The lowest BCUT2D eigenvalue weighted by molar-refractivity contribution is 0.368. The van der Waals surface area contributed by atoms with Crippen LogP contribution in [0.1, 0.15) is 12.0 Å². The van der Waals surface area contributed by atoms with Crippen LogP contribution in [0.3, 0.4) is 0 Å². The van der Waals surface area contributed by atoms with E-state index < -0.39 is 0 Å². The minimum atomic E-state index is 0.380. The third-order valence-corrected chi connectivity index (χ3v) is 2.27. The molecule has 83 valence electrons. The second kappa shape index (κ2) is 4.74. The van der Waals surface area contributed by atoms with Crippen molar-refractivity contribution in [2.75, 3.05) is 7.11 Å². The van der Waals surface area contributed by atoms with Gasteiger partial charge in [0.25, 0.3) is 0 Å². The number of ether oxygens (including phenoxy) is 1. The average molecular weight is 217 g/mol. The van der Waals surface area contributed by atoms with Crippen LogP contribution in [0.4, 0.5) is 0 Å². The molecule has 0 aliphatic heterocycles. The van der Waals surface area contributed by atoms with E-state index in [4.69, 9.17) is 4.74 Å². The van der Waals surface area contributed by atoms with Crippen LogP contribution in [0.15, 0.2) is 24.3 Å². The minimum Gasteiger partial charge on any atom is -0.466 e. The summed E-state index contributed by atoms with van der Waals surface area (Å²) in [5.74, 6) is 0. The smallest absolute Gasteiger partial charge is 0.340 e. The summed E-state index contributed by atoms with van der Waals surface area (Å²) in [6, 6.07) is 8.39. The molecule has 1 heterocycles. The number of nitrogens with zero attached hydrogens (tertiary/aromatic N) is 4. The predicted octanol–water partition coefficient (Wildman–Crippen LogP) is 1.44. The van der Waals surface area contributed by atoms with Gasteiger partial charge in [-0.25, -0.2) is 0 Å². The van der Waals surface area contributed by atoms with Crippen molar-refractivity contribution in [1.29, 1.82) is 0 Å². The van der Waals surface area contributed by atoms with Gasteiger partial charge in [-0.05, 0) is 41.0 Å². The van der Waals surface area contributed by atoms with Gasteiger partial charge in [-0.3, -0.25) is 0 Å². The molecule has 2 rings (SSSR count). The maximum absolute atomic E-state index is 5.03. The van der Waals surface area contributed by atoms with Gasteiger partial charge in [0.05, 0.1) is 12.8 Å². The molecular formula is C11H13N4O. The van der Waals surface area contributed by atoms with Crippen molar-refractivity contribution in [3.8, 4) is 11.7 Å². The third kappa shape index (κ3) is 2.03. The van der Waals surface area contributed by atoms with Crippen LogP contribution in [0.25, 0.3) is 5.69 Å². The maximum Gasteiger partial charge on any atom is 0.340 e. The summed E-state index contributed by atoms with van der Waals surface area (Å²) >= 11 is 0. The van der Waals surface area contributed by atoms with Crippen LogP contribution in [0.5, 0.6) is 6.01 Å². The number of rotatable bonds is 4. The summed E-state index contributed by atoms with van der Waals surface area (Å²) in [6.07, 6.45) is 1.88. The lowest BCUT2D eigenvalue weighted by Gasteiger charge is -2.04. The Kier molecular flexibility index (Phi) is 3.14. The molecule has 0 saturated carbocycles. The van der Waals surface area contributed by atoms with Gasteiger partial charge in [0.2, 0.25) is 0 Å². The SMILES string of the molecule is [CH2]CCc1ccc(-n2nnnc2OC)cc1. The third-order valence-electron chi connectivity index (χ3n) is 2.27. The van der Waals surface area contributed by atoms with Crippen LogP contribution in [-0.4, -0.2) is 27.3 Å². The van der Waals surface area contributed by atoms with Gasteiger partial charge in [-0.15, -0.1) is 0 Å². The molecule has 0 aliphatic carbocycles. The number of aryl methyl sites for hydroxylation is 1. The highest BCUT2D eigenvalue weighted by Gasteiger charge is 2.07. The van der Waals surface area contributed by atoms with E-state index in [0.717, 1.165) is 18.5 Å². The molecule has 1 aromatic heterocycles. The zero-order chi connectivity index (χ0) is 11.4. The molecule has 0 aliphatic rings. The Labute approximate surface area is 94.0 Å². The quantitative estimate of drug-likeness (QED) is 0.777. The van der Waals surface area contributed by atoms with E-state index in [0.29, 0.717) is 6.01 Å². The highest BCUT2D eigenvalue weighted by molar-refractivity contribution is 5.35. The van der Waals surface area contributed by atoms with Crippen molar-refractivity contribution in [2.45, 2.75) is 12.8 Å². The van der Waals surface area contributed by atoms with Crippen LogP contribution < -0.4 is 4.74 Å². The first-order valence-electron chi connectivity index (χ1n) is 5.06. The first kappa shape index (κ1) is 10.6. The van der Waals surface area contributed by atoms with Crippen LogP contribution in [0.2, 0.25) is 0 Å². The summed E-state index contributed by atoms with van der Waals surface area (Å²) in [5.41, 5.74) is 2.14. The molecule has 0 saturated heterocycles. The van der Waals surface area contributed by atoms with E-state index in [2.05, 4.69) is 22.4 Å². The zero-order valence-corrected chi connectivity index (χ0v) is 9.13. The van der Waals surface area contributed by atoms with Crippen molar-refractivity contribution in [2.24, 2.45) is 0 Å². The summed E-state index contributed by atoms with van der Waals surface area (Å²) in [6.45, 7) is 3.82. The van der Waals surface area contributed by atoms with E-state index >= 15 is 0 Å². The Morgan fingerprint density at radius 2 is 2.06 bits per heavy atom. The Morgan fingerprint density at radius 1 is 1.31 bits per heavy atom. The standard InChI is InChI=1S/C11H13N4O/c1-3-4-9-5-7-10(8-6-9)15-11(16-2)12-13-14-15/h5-8H,1,3-4H2,2H3. The summed E-state index contributed by atoms with van der Waals surface area (Å²) in [4.78, 5) is 0. The van der Waals surface area contributed by atoms with Crippen LogP contribution >= 0.6 is 0 Å². The number of methoxy groups -OCH3 is 1. The molecule has 0 unspecified atom stereocenters. The minimum absolute atomic E-state index is 0.380. The van der Waals surface area contributed by atoms with Crippen molar-refractivity contribution in [1.82, 2.24) is 20.2 Å². The largest absolute Gasteiger partial charge is 0.466 e. The number of hydrogen-bond acceptors (Lipinski definition) is 4. The fraction of sp³-hybridized carbons (Fsp3) is 0.273. The van der Waals surface area contributed by atoms with Crippen molar-refractivity contribution < 1.29 is 4.74 Å². The molecule has 5 nitrogen and oxygen atoms in total. The first-order chi connectivity index (χ1) is 7.85. The molecule has 16 heavy (non-hydrogen) atoms. The van der Waals surface area contributed by atoms with Crippen LogP contribution in [-0.2, 0) is 6.42 Å². The maximum atomic E-state index is 5.03. The number of benzene rings is 1. The summed E-state index contributed by atoms with van der Waals surface area (Å²) < 4.78 is 6.58. The van der Waals surface area contributed by atoms with Gasteiger partial charge in [0, 0.05) is 0 Å². The molecule has 0 N–H and O–H groups in total. The lowest BCUT2D eigenvalue weighted by atomic mass is 10.1. The van der Waals surface area contributed by atoms with Crippen molar-refractivity contribution in [3.63, 3.8) is 0 Å². The number of tetrazole rings is 1. The summed E-state index contributed by atoms with van der Waals surface area (Å²) in [5, 5.41) is 11.1. The predicted molar refractivity (Wildman–Crippen MR) is 59.4 cm³/mol. The Bertz CT molecular complexity index is 449. The van der Waals surface area contributed by atoms with E-state index in [1.54, 1.807) is 11.8 Å². The molecule has 0 spiro atoms. The van der Waals surface area contributed by atoms with Crippen LogP contribution in [0, 0.1) is 6.92 Å². The van der Waals surface area contributed by atoms with E-state index in [9.17, 15) is 0 Å². The highest BCUT2D eigenvalue weighted by Crippen LogP contribution is 2.14. The molecule has 2 aromatic rings. The molecule has 0 bridgehead atoms. The van der Waals surface area contributed by atoms with Crippen molar-refractivity contribution >= 4 is 0 Å². The molecule has 5 heteroatoms. The Morgan fingerprint density at radius 3 is 2.69 bits per heavy atom. The normalized spacial score (nSPS) is 10.4. The molecule has 0 amide bonds. The van der Waals surface area contributed by atoms with Gasteiger partial charge < -0.3 is 4.74 Å². The molecule has 0 atom stereocenters. The Hall–Kier alpha value is -1.91. The topological polar surface area (TPSA) is 52.8 Å². The van der Waals surface area contributed by atoms with Gasteiger partial charge in [0.15, 0.2) is 0 Å². The van der Waals surface area contributed by atoms with E-state index in [1.807, 2.05) is 24.3 Å². The van der Waals surface area contributed by atoms with Gasteiger partial charge in [0.1, 0.15) is 0 Å². The fourth-order valence-corrected chi connectivity index (χ4v) is 1.48. The second-order valence-corrected chi connectivity index (χ2v) is 3.35. The molecule has 1 aromatic carbocycles. The zero-order valence-electron chi connectivity index (χ0n) is 9.13. The monoisotopic (exact) mass is 217 g/mol. The first-order valence-corrected chi connectivity index (χ1v) is 5.06. The number of aromatic nitrogens is 4. The van der Waals surface area contributed by atoms with Gasteiger partial charge >= 0.3 is 6.01 Å².